The molecule has 0 bridgehead atoms. The van der Waals surface area contributed by atoms with Crippen molar-refractivity contribution in [1.82, 2.24) is 4.72 Å². The summed E-state index contributed by atoms with van der Waals surface area (Å²) in [6.45, 7) is 10.6. The van der Waals surface area contributed by atoms with Crippen LogP contribution < -0.4 is 24.7 Å². The fourth-order valence-corrected chi connectivity index (χ4v) is 5.76. The van der Waals surface area contributed by atoms with Gasteiger partial charge in [0, 0.05) is 5.69 Å². The SMILES string of the molecule is COc1ccc(S(=O)(=O)NC(=O)Nc2c(C(C)C)cccc2C(C)C)cc1C(C)=O.COc1ccc(S(N)(=O)=O)cc1C(C)=O. The van der Waals surface area contributed by atoms with E-state index in [0.717, 1.165) is 11.1 Å². The number of ether oxygens (including phenoxy) is 2. The molecule has 0 aromatic heterocycles. The molecule has 0 atom stereocenters. The standard InChI is InChI=1S/C22H28N2O5S.C9H11NO4S/c1-13(2)17-8-7-9-18(14(3)4)21(17)23-22(26)24-30(27,28)16-10-11-20(29-6)19(12-16)15(5)25;1-6(11)8-5-7(15(10,12)13)3-4-9(8)14-2/h7-14H,1-6H3,(H2,23,24,26);3-5H,1-2H3,(H2,10,12,13). The second kappa shape index (κ2) is 15.1. The van der Waals surface area contributed by atoms with Gasteiger partial charge in [0.15, 0.2) is 11.6 Å². The van der Waals surface area contributed by atoms with Crippen molar-refractivity contribution in [2.24, 2.45) is 5.14 Å². The van der Waals surface area contributed by atoms with Gasteiger partial charge < -0.3 is 14.8 Å². The lowest BCUT2D eigenvalue weighted by Gasteiger charge is -2.20. The molecule has 14 heteroatoms. The molecule has 0 saturated heterocycles. The highest BCUT2D eigenvalue weighted by atomic mass is 32.2. The summed E-state index contributed by atoms with van der Waals surface area (Å²) in [6.07, 6.45) is 0. The number of methoxy groups -OCH3 is 2. The maximum Gasteiger partial charge on any atom is 0.333 e. The average molecular weight is 662 g/mol. The monoisotopic (exact) mass is 661 g/mol. The second-order valence-corrected chi connectivity index (χ2v) is 13.8. The Morgan fingerprint density at radius 1 is 0.711 bits per heavy atom. The van der Waals surface area contributed by atoms with Crippen LogP contribution >= 0.6 is 0 Å². The molecular formula is C31H39N3O9S2. The number of urea groups is 1. The first-order valence-electron chi connectivity index (χ1n) is 13.7. The number of rotatable bonds is 10. The topological polar surface area (TPSA) is 188 Å². The number of nitrogens with one attached hydrogen (secondary N) is 2. The number of hydrogen-bond donors (Lipinski definition) is 3. The van der Waals surface area contributed by atoms with Crippen LogP contribution in [0.2, 0.25) is 0 Å². The van der Waals surface area contributed by atoms with Gasteiger partial charge >= 0.3 is 6.03 Å². The van der Waals surface area contributed by atoms with E-state index in [1.54, 1.807) is 0 Å². The van der Waals surface area contributed by atoms with E-state index in [-0.39, 0.29) is 50.1 Å². The molecule has 244 valence electrons. The van der Waals surface area contributed by atoms with E-state index >= 15 is 0 Å². The number of nitrogens with two attached hydrogens (primary N) is 1. The average Bonchev–Trinajstić information content (AvgIpc) is 2.95. The summed E-state index contributed by atoms with van der Waals surface area (Å²) in [4.78, 5) is 35.3. The number of ketones is 2. The predicted octanol–water partition coefficient (Wildman–Crippen LogP) is 5.20. The highest BCUT2D eigenvalue weighted by Gasteiger charge is 2.23. The molecule has 2 amide bonds. The normalized spacial score (nSPS) is 11.4. The van der Waals surface area contributed by atoms with Crippen LogP contribution in [0.15, 0.2) is 64.4 Å². The number of para-hydroxylation sites is 1. The number of carbonyl (C=O) groups is 3. The summed E-state index contributed by atoms with van der Waals surface area (Å²) in [5.41, 5.74) is 2.75. The largest absolute Gasteiger partial charge is 0.496 e. The Bertz CT molecular complexity index is 1770. The van der Waals surface area contributed by atoms with E-state index < -0.39 is 26.1 Å². The molecule has 0 heterocycles. The van der Waals surface area contributed by atoms with Crippen molar-refractivity contribution in [3.8, 4) is 11.5 Å². The van der Waals surface area contributed by atoms with Crippen LogP contribution in [0.5, 0.6) is 11.5 Å². The maximum atomic E-state index is 12.7. The van der Waals surface area contributed by atoms with Gasteiger partial charge in [-0.3, -0.25) is 9.59 Å². The molecule has 45 heavy (non-hydrogen) atoms. The minimum absolute atomic E-state index is 0.103. The molecule has 3 aromatic carbocycles. The molecule has 0 radical (unpaired) electrons. The van der Waals surface area contributed by atoms with E-state index in [1.807, 2.05) is 50.6 Å². The molecular weight excluding hydrogens is 622 g/mol. The van der Waals surface area contributed by atoms with E-state index in [1.165, 1.54) is 64.5 Å². The first-order valence-corrected chi connectivity index (χ1v) is 16.7. The molecule has 4 N–H and O–H groups in total. The van der Waals surface area contributed by atoms with Gasteiger partial charge in [-0.1, -0.05) is 45.9 Å². The van der Waals surface area contributed by atoms with E-state index in [2.05, 4.69) is 5.32 Å². The van der Waals surface area contributed by atoms with Crippen LogP contribution in [0, 0.1) is 0 Å². The minimum atomic E-state index is -4.20. The summed E-state index contributed by atoms with van der Waals surface area (Å²) in [5, 5.41) is 7.64. The Morgan fingerprint density at radius 2 is 1.13 bits per heavy atom. The highest BCUT2D eigenvalue weighted by Crippen LogP contribution is 2.32. The second-order valence-electron chi connectivity index (χ2n) is 10.6. The number of benzene rings is 3. The van der Waals surface area contributed by atoms with E-state index in [4.69, 9.17) is 14.6 Å². The Morgan fingerprint density at radius 3 is 1.51 bits per heavy atom. The lowest BCUT2D eigenvalue weighted by atomic mass is 9.93. The summed E-state index contributed by atoms with van der Waals surface area (Å²) < 4.78 is 59.5. The van der Waals surface area contributed by atoms with E-state index in [0.29, 0.717) is 11.4 Å². The number of carbonyl (C=O) groups excluding carboxylic acids is 3. The van der Waals surface area contributed by atoms with Crippen molar-refractivity contribution in [3.05, 3.63) is 76.9 Å². The molecule has 0 saturated carbocycles. The van der Waals surface area contributed by atoms with Crippen molar-refractivity contribution in [1.29, 1.82) is 0 Å². The van der Waals surface area contributed by atoms with Gasteiger partial charge in [-0.2, -0.15) is 0 Å². The number of sulfonamides is 2. The Kier molecular flexibility index (Phi) is 12.4. The Labute approximate surface area is 264 Å². The first kappa shape index (κ1) is 36.9. The lowest BCUT2D eigenvalue weighted by Crippen LogP contribution is -2.35. The van der Waals surface area contributed by atoms with Gasteiger partial charge in [0.05, 0.1) is 35.1 Å². The Balaban J connectivity index is 0.000000394. The highest BCUT2D eigenvalue weighted by molar-refractivity contribution is 7.90. The summed E-state index contributed by atoms with van der Waals surface area (Å²) in [7, 11) is -5.20. The van der Waals surface area contributed by atoms with Crippen molar-refractivity contribution in [2.45, 2.75) is 63.2 Å². The summed E-state index contributed by atoms with van der Waals surface area (Å²) in [5.74, 6) is 0.233. The minimum Gasteiger partial charge on any atom is -0.496 e. The van der Waals surface area contributed by atoms with Crippen molar-refractivity contribution >= 4 is 43.3 Å². The third kappa shape index (κ3) is 9.61. The number of primary sulfonamides is 1. The van der Waals surface area contributed by atoms with Gasteiger partial charge in [0.2, 0.25) is 10.0 Å². The number of hydrogen-bond acceptors (Lipinski definition) is 9. The fourth-order valence-electron chi connectivity index (χ4n) is 4.28. The molecule has 3 rings (SSSR count). The van der Waals surface area contributed by atoms with Gasteiger partial charge in [-0.05, 0) is 73.2 Å². The van der Waals surface area contributed by atoms with Crippen molar-refractivity contribution in [2.75, 3.05) is 19.5 Å². The third-order valence-electron chi connectivity index (χ3n) is 6.58. The molecule has 3 aromatic rings. The first-order chi connectivity index (χ1) is 20.8. The van der Waals surface area contributed by atoms with Gasteiger partial charge in [0.25, 0.3) is 10.0 Å². The van der Waals surface area contributed by atoms with Gasteiger partial charge in [-0.15, -0.1) is 0 Å². The fraction of sp³-hybridized carbons (Fsp3) is 0.323. The smallest absolute Gasteiger partial charge is 0.333 e. The molecule has 0 spiro atoms. The molecule has 12 nitrogen and oxygen atoms in total. The predicted molar refractivity (Wildman–Crippen MR) is 171 cm³/mol. The molecule has 0 aliphatic heterocycles. The number of Topliss-reactive ketones (excluding diaryl/α,β-unsaturated/α-hetero) is 2. The van der Waals surface area contributed by atoms with Crippen LogP contribution in [0.1, 0.15) is 85.2 Å². The molecule has 0 fully saturated rings. The zero-order chi connectivity index (χ0) is 34.3. The summed E-state index contributed by atoms with van der Waals surface area (Å²) in [6, 6.07) is 12.6. The number of amides is 2. The van der Waals surface area contributed by atoms with Crippen LogP contribution in [0.4, 0.5) is 10.5 Å². The van der Waals surface area contributed by atoms with Gasteiger partial charge in [-0.25, -0.2) is 31.5 Å². The summed E-state index contributed by atoms with van der Waals surface area (Å²) >= 11 is 0. The van der Waals surface area contributed by atoms with Crippen LogP contribution in [0.3, 0.4) is 0 Å². The van der Waals surface area contributed by atoms with Crippen molar-refractivity contribution in [3.63, 3.8) is 0 Å². The maximum absolute atomic E-state index is 12.7. The zero-order valence-electron chi connectivity index (χ0n) is 26.4. The van der Waals surface area contributed by atoms with Crippen molar-refractivity contribution < 1.29 is 40.7 Å². The molecule has 0 unspecified atom stereocenters. The molecule has 0 aliphatic rings. The van der Waals surface area contributed by atoms with Crippen LogP contribution in [-0.4, -0.2) is 48.7 Å². The van der Waals surface area contributed by atoms with Crippen LogP contribution in [0.25, 0.3) is 0 Å². The van der Waals surface area contributed by atoms with E-state index in [9.17, 15) is 31.2 Å². The zero-order valence-corrected chi connectivity index (χ0v) is 28.1. The van der Waals surface area contributed by atoms with Gasteiger partial charge in [0.1, 0.15) is 11.5 Å². The lowest BCUT2D eigenvalue weighted by molar-refractivity contribution is 0.100. The van der Waals surface area contributed by atoms with Crippen LogP contribution in [-0.2, 0) is 20.0 Å². The third-order valence-corrected chi connectivity index (χ3v) is 8.82. The Hall–Kier alpha value is -4.27. The molecule has 0 aliphatic carbocycles. The quantitative estimate of drug-likeness (QED) is 0.245. The number of anilines is 1.